The highest BCUT2D eigenvalue weighted by Crippen LogP contribution is 2.35. The maximum Gasteiger partial charge on any atom is 0.319 e. The van der Waals surface area contributed by atoms with Crippen molar-refractivity contribution in [1.82, 2.24) is 10.3 Å². The van der Waals surface area contributed by atoms with Crippen molar-refractivity contribution in [3.8, 4) is 17.2 Å². The van der Waals surface area contributed by atoms with Gasteiger partial charge in [-0.1, -0.05) is 29.8 Å². The molecule has 3 aromatic rings. The third-order valence-corrected chi connectivity index (χ3v) is 4.48. The van der Waals surface area contributed by atoms with Gasteiger partial charge in [-0.3, -0.25) is 4.98 Å². The van der Waals surface area contributed by atoms with Crippen LogP contribution in [0, 0.1) is 0 Å². The van der Waals surface area contributed by atoms with Crippen LogP contribution < -0.4 is 24.8 Å². The summed E-state index contributed by atoms with van der Waals surface area (Å²) >= 11 is 6.14. The largest absolute Gasteiger partial charge is 0.495 e. The maximum atomic E-state index is 12.3. The van der Waals surface area contributed by atoms with Crippen LogP contribution in [0.1, 0.15) is 11.3 Å². The first-order chi connectivity index (χ1) is 14.6. The van der Waals surface area contributed by atoms with E-state index in [1.807, 2.05) is 42.5 Å². The Morgan fingerprint density at radius 2 is 1.87 bits per heavy atom. The van der Waals surface area contributed by atoms with Gasteiger partial charge in [0, 0.05) is 18.8 Å². The Balaban J connectivity index is 1.57. The van der Waals surface area contributed by atoms with Crippen LogP contribution in [0.4, 0.5) is 10.5 Å². The number of rotatable bonds is 8. The molecule has 8 heteroatoms. The second-order valence-corrected chi connectivity index (χ2v) is 6.66. The van der Waals surface area contributed by atoms with Gasteiger partial charge in [0.2, 0.25) is 0 Å². The van der Waals surface area contributed by atoms with Crippen molar-refractivity contribution in [3.63, 3.8) is 0 Å². The molecule has 0 saturated carbocycles. The second-order valence-electron chi connectivity index (χ2n) is 6.25. The number of methoxy groups -OCH3 is 2. The fourth-order valence-electron chi connectivity index (χ4n) is 2.69. The number of nitrogens with zero attached hydrogens (tertiary/aromatic N) is 1. The lowest BCUT2D eigenvalue weighted by Gasteiger charge is -2.14. The van der Waals surface area contributed by atoms with E-state index in [0.29, 0.717) is 41.1 Å². The molecule has 0 aliphatic heterocycles. The third kappa shape index (κ3) is 5.78. The van der Waals surface area contributed by atoms with Gasteiger partial charge in [0.25, 0.3) is 0 Å². The first kappa shape index (κ1) is 21.3. The highest BCUT2D eigenvalue weighted by molar-refractivity contribution is 6.32. The number of hydrogen-bond acceptors (Lipinski definition) is 5. The van der Waals surface area contributed by atoms with Crippen LogP contribution >= 0.6 is 11.6 Å². The number of anilines is 1. The zero-order chi connectivity index (χ0) is 21.3. The first-order valence-electron chi connectivity index (χ1n) is 9.17. The minimum Gasteiger partial charge on any atom is -0.495 e. The fraction of sp³-hybridized carbons (Fsp3) is 0.182. The number of carbonyl (C=O) groups is 1. The molecule has 0 spiro atoms. The predicted octanol–water partition coefficient (Wildman–Crippen LogP) is 4.65. The van der Waals surface area contributed by atoms with Crippen molar-refractivity contribution in [3.05, 3.63) is 77.1 Å². The van der Waals surface area contributed by atoms with Crippen LogP contribution in [0.25, 0.3) is 0 Å². The van der Waals surface area contributed by atoms with Gasteiger partial charge in [0.05, 0.1) is 30.6 Å². The standard InChI is InChI=1S/C22H22ClN3O4/c1-28-20-12-21(29-2)19(11-18(20)23)26-22(27)25-13-15-6-5-8-17(10-15)30-14-16-7-3-4-9-24-16/h3-12H,13-14H2,1-2H3,(H2,25,26,27). The summed E-state index contributed by atoms with van der Waals surface area (Å²) in [5.41, 5.74) is 2.17. The zero-order valence-electron chi connectivity index (χ0n) is 16.6. The minimum atomic E-state index is -0.394. The number of urea groups is 1. The van der Waals surface area contributed by atoms with E-state index in [-0.39, 0.29) is 0 Å². The average Bonchev–Trinajstić information content (AvgIpc) is 2.77. The number of aromatic nitrogens is 1. The van der Waals surface area contributed by atoms with Crippen LogP contribution in [0.3, 0.4) is 0 Å². The molecule has 2 N–H and O–H groups in total. The molecule has 156 valence electrons. The summed E-state index contributed by atoms with van der Waals surface area (Å²) in [5.74, 6) is 1.60. The molecule has 3 rings (SSSR count). The van der Waals surface area contributed by atoms with E-state index in [9.17, 15) is 4.79 Å². The first-order valence-corrected chi connectivity index (χ1v) is 9.55. The summed E-state index contributed by atoms with van der Waals surface area (Å²) in [7, 11) is 3.01. The Labute approximate surface area is 179 Å². The van der Waals surface area contributed by atoms with Gasteiger partial charge < -0.3 is 24.8 Å². The van der Waals surface area contributed by atoms with Crippen LogP contribution in [-0.2, 0) is 13.2 Å². The second kappa shape index (κ2) is 10.4. The van der Waals surface area contributed by atoms with Gasteiger partial charge in [-0.15, -0.1) is 0 Å². The third-order valence-electron chi connectivity index (χ3n) is 4.19. The Hall–Kier alpha value is -3.45. The molecule has 30 heavy (non-hydrogen) atoms. The van der Waals surface area contributed by atoms with E-state index in [1.165, 1.54) is 14.2 Å². The van der Waals surface area contributed by atoms with Crippen molar-refractivity contribution < 1.29 is 19.0 Å². The maximum absolute atomic E-state index is 12.3. The van der Waals surface area contributed by atoms with Crippen LogP contribution in [0.15, 0.2) is 60.8 Å². The van der Waals surface area contributed by atoms with Gasteiger partial charge in [-0.05, 0) is 35.9 Å². The monoisotopic (exact) mass is 427 g/mol. The van der Waals surface area contributed by atoms with Gasteiger partial charge >= 0.3 is 6.03 Å². The molecule has 7 nitrogen and oxygen atoms in total. The predicted molar refractivity (Wildman–Crippen MR) is 115 cm³/mol. The van der Waals surface area contributed by atoms with Gasteiger partial charge in [-0.25, -0.2) is 4.79 Å². The fourth-order valence-corrected chi connectivity index (χ4v) is 2.93. The van der Waals surface area contributed by atoms with Crippen LogP contribution in [0.2, 0.25) is 5.02 Å². The summed E-state index contributed by atoms with van der Waals surface area (Å²) in [5, 5.41) is 5.90. The van der Waals surface area contributed by atoms with E-state index >= 15 is 0 Å². The quantitative estimate of drug-likeness (QED) is 0.546. The molecule has 0 atom stereocenters. The summed E-state index contributed by atoms with van der Waals surface area (Å²) in [6.45, 7) is 0.690. The highest BCUT2D eigenvalue weighted by atomic mass is 35.5. The topological polar surface area (TPSA) is 81.7 Å². The average molecular weight is 428 g/mol. The number of benzene rings is 2. The van der Waals surface area contributed by atoms with Gasteiger partial charge in [0.15, 0.2) is 0 Å². The summed E-state index contributed by atoms with van der Waals surface area (Å²) in [6.07, 6.45) is 1.72. The summed E-state index contributed by atoms with van der Waals surface area (Å²) in [4.78, 5) is 16.6. The van der Waals surface area contributed by atoms with Crippen LogP contribution in [-0.4, -0.2) is 25.2 Å². The Bertz CT molecular complexity index is 999. The molecular formula is C22H22ClN3O4. The lowest BCUT2D eigenvalue weighted by molar-refractivity contribution is 0.251. The number of pyridine rings is 1. The molecule has 0 unspecified atom stereocenters. The van der Waals surface area contributed by atoms with E-state index in [0.717, 1.165) is 11.3 Å². The lowest BCUT2D eigenvalue weighted by Crippen LogP contribution is -2.28. The van der Waals surface area contributed by atoms with Gasteiger partial charge in [0.1, 0.15) is 23.9 Å². The number of halogens is 1. The van der Waals surface area contributed by atoms with E-state index in [2.05, 4.69) is 15.6 Å². The van der Waals surface area contributed by atoms with Crippen LogP contribution in [0.5, 0.6) is 17.2 Å². The Kier molecular flexibility index (Phi) is 7.34. The molecule has 0 bridgehead atoms. The van der Waals surface area contributed by atoms with Crippen molar-refractivity contribution in [2.45, 2.75) is 13.2 Å². The van der Waals surface area contributed by atoms with Crippen molar-refractivity contribution in [1.29, 1.82) is 0 Å². The SMILES string of the molecule is COc1cc(OC)c(NC(=O)NCc2cccc(OCc3ccccn3)c2)cc1Cl. The molecule has 0 aliphatic rings. The van der Waals surface area contributed by atoms with E-state index < -0.39 is 6.03 Å². The zero-order valence-corrected chi connectivity index (χ0v) is 17.4. The molecule has 2 aromatic carbocycles. The Morgan fingerprint density at radius 3 is 2.60 bits per heavy atom. The summed E-state index contributed by atoms with van der Waals surface area (Å²) in [6, 6.07) is 16.0. The smallest absolute Gasteiger partial charge is 0.319 e. The molecule has 2 amide bonds. The van der Waals surface area contributed by atoms with Crippen molar-refractivity contribution in [2.75, 3.05) is 19.5 Å². The normalized spacial score (nSPS) is 10.2. The molecule has 1 aromatic heterocycles. The lowest BCUT2D eigenvalue weighted by atomic mass is 10.2. The van der Waals surface area contributed by atoms with E-state index in [4.69, 9.17) is 25.8 Å². The number of ether oxygens (including phenoxy) is 3. The number of nitrogens with one attached hydrogen (secondary N) is 2. The highest BCUT2D eigenvalue weighted by Gasteiger charge is 2.12. The number of carbonyl (C=O) groups excluding carboxylic acids is 1. The molecule has 1 heterocycles. The Morgan fingerprint density at radius 1 is 1.03 bits per heavy atom. The number of hydrogen-bond donors (Lipinski definition) is 2. The van der Waals surface area contributed by atoms with Crippen molar-refractivity contribution in [2.24, 2.45) is 0 Å². The molecular weight excluding hydrogens is 406 g/mol. The van der Waals surface area contributed by atoms with E-state index in [1.54, 1.807) is 18.3 Å². The number of amides is 2. The molecule has 0 radical (unpaired) electrons. The van der Waals surface area contributed by atoms with Gasteiger partial charge in [-0.2, -0.15) is 0 Å². The molecule has 0 aliphatic carbocycles. The van der Waals surface area contributed by atoms with Crippen molar-refractivity contribution >= 4 is 23.3 Å². The minimum absolute atomic E-state index is 0.318. The molecule has 0 saturated heterocycles. The summed E-state index contributed by atoms with van der Waals surface area (Å²) < 4.78 is 16.2. The molecule has 0 fully saturated rings.